The first-order valence-electron chi connectivity index (χ1n) is 10.9. The van der Waals surface area contributed by atoms with Crippen LogP contribution in [-0.4, -0.2) is 62.4 Å². The number of rotatable bonds is 6. The molecule has 3 heterocycles. The number of hydrogen-bond donors (Lipinski definition) is 0. The van der Waals surface area contributed by atoms with Crippen molar-refractivity contribution in [3.8, 4) is 0 Å². The van der Waals surface area contributed by atoms with E-state index in [2.05, 4.69) is 29.5 Å². The summed E-state index contributed by atoms with van der Waals surface area (Å²) in [6.07, 6.45) is 3.17. The Bertz CT molecular complexity index is 1110. The summed E-state index contributed by atoms with van der Waals surface area (Å²) in [5, 5.41) is 0.705. The fourth-order valence-electron chi connectivity index (χ4n) is 3.67. The van der Waals surface area contributed by atoms with Crippen molar-refractivity contribution in [2.24, 2.45) is 0 Å². The number of fused-ring (bicyclic) bond motifs is 1. The van der Waals surface area contributed by atoms with Crippen LogP contribution in [0.15, 0.2) is 48.8 Å². The number of anilines is 1. The summed E-state index contributed by atoms with van der Waals surface area (Å²) in [5.74, 6) is 0.198. The molecule has 1 aliphatic rings. The molecule has 0 spiro atoms. The van der Waals surface area contributed by atoms with E-state index < -0.39 is 14.0 Å². The van der Waals surface area contributed by atoms with Crippen LogP contribution < -0.4 is 4.90 Å². The molecule has 169 valence electrons. The lowest BCUT2D eigenvalue weighted by atomic mass is 10.2. The summed E-state index contributed by atoms with van der Waals surface area (Å²) in [6.45, 7) is 10.0. The second-order valence-corrected chi connectivity index (χ2v) is 14.8. The summed E-state index contributed by atoms with van der Waals surface area (Å²) in [7, 11) is -1.31. The Kier molecular flexibility index (Phi) is 6.43. The van der Waals surface area contributed by atoms with Gasteiger partial charge in [0.2, 0.25) is 0 Å². The van der Waals surface area contributed by atoms with Crippen molar-refractivity contribution < 1.29 is 19.1 Å². The minimum atomic E-state index is -1.31. The Morgan fingerprint density at radius 2 is 1.84 bits per heavy atom. The largest absolute Gasteiger partial charge is 0.465 e. The molecule has 0 atom stereocenters. The summed E-state index contributed by atoms with van der Waals surface area (Å²) in [6, 6.07) is 11.9. The molecule has 0 bridgehead atoms. The standard InChI is InChI=1S/C24H29N3O4Si/c1-32(2,3)15-14-31-24(29)20-17-27(21-7-5-4-6-19(20)21)23(28)18-8-9-22(25-16-18)26-10-12-30-13-11-26/h4-9,16-17H,10-15H2,1-3H3/q-1. The summed E-state index contributed by atoms with van der Waals surface area (Å²) >= 11 is 0. The lowest BCUT2D eigenvalue weighted by Crippen LogP contribution is -2.36. The summed E-state index contributed by atoms with van der Waals surface area (Å²) in [4.78, 5) is 32.7. The molecule has 7 nitrogen and oxygen atoms in total. The van der Waals surface area contributed by atoms with Gasteiger partial charge in [0.15, 0.2) is 0 Å². The van der Waals surface area contributed by atoms with Gasteiger partial charge in [0.25, 0.3) is 5.91 Å². The molecule has 1 aliphatic heterocycles. The van der Waals surface area contributed by atoms with Gasteiger partial charge in [-0.2, -0.15) is 19.6 Å². The molecular formula is C24H29N3O4Si-. The van der Waals surface area contributed by atoms with Crippen molar-refractivity contribution in [3.05, 3.63) is 59.9 Å². The molecule has 0 N–H and O–H groups in total. The zero-order valence-corrected chi connectivity index (χ0v) is 19.8. The van der Waals surface area contributed by atoms with Crippen molar-refractivity contribution in [3.63, 3.8) is 0 Å². The maximum absolute atomic E-state index is 13.3. The minimum absolute atomic E-state index is 0.233. The van der Waals surface area contributed by atoms with Crippen LogP contribution in [0, 0.1) is 0 Å². The van der Waals surface area contributed by atoms with Gasteiger partial charge in [0, 0.05) is 30.9 Å². The average Bonchev–Trinajstić information content (AvgIpc) is 3.18. The van der Waals surface area contributed by atoms with Gasteiger partial charge < -0.3 is 14.4 Å². The molecule has 1 fully saturated rings. The van der Waals surface area contributed by atoms with Crippen molar-refractivity contribution in [2.75, 3.05) is 37.8 Å². The summed E-state index contributed by atoms with van der Waals surface area (Å²) in [5.41, 5.74) is 1.54. The highest BCUT2D eigenvalue weighted by Gasteiger charge is 2.21. The van der Waals surface area contributed by atoms with Crippen molar-refractivity contribution in [1.29, 1.82) is 0 Å². The van der Waals surface area contributed by atoms with Gasteiger partial charge in [-0.15, -0.1) is 14.1 Å². The number of morpholine rings is 1. The van der Waals surface area contributed by atoms with Gasteiger partial charge >= 0.3 is 5.97 Å². The van der Waals surface area contributed by atoms with E-state index in [1.54, 1.807) is 18.5 Å². The number of hydrogen-bond acceptors (Lipinski definition) is 6. The maximum atomic E-state index is 13.3. The minimum Gasteiger partial charge on any atom is -0.465 e. The maximum Gasteiger partial charge on any atom is 0.340 e. The third-order valence-corrected chi connectivity index (χ3v) is 7.27. The molecule has 8 heteroatoms. The molecule has 2 aromatic heterocycles. The monoisotopic (exact) mass is 451 g/mol. The second-order valence-electron chi connectivity index (χ2n) is 9.19. The van der Waals surface area contributed by atoms with Crippen LogP contribution in [0.4, 0.5) is 5.82 Å². The van der Waals surface area contributed by atoms with E-state index in [0.29, 0.717) is 41.9 Å². The number of benzene rings is 1. The summed E-state index contributed by atoms with van der Waals surface area (Å²) < 4.78 is 12.4. The number of carbonyl (C=O) groups is 2. The zero-order chi connectivity index (χ0) is 22.7. The quantitative estimate of drug-likeness (QED) is 0.416. The first-order valence-corrected chi connectivity index (χ1v) is 14.6. The van der Waals surface area contributed by atoms with E-state index >= 15 is 0 Å². The van der Waals surface area contributed by atoms with Crippen LogP contribution in [-0.2, 0) is 9.47 Å². The Morgan fingerprint density at radius 1 is 1.09 bits per heavy atom. The molecular weight excluding hydrogens is 422 g/mol. The Hall–Kier alpha value is -2.97. The topological polar surface area (TPSA) is 73.7 Å². The van der Waals surface area contributed by atoms with E-state index in [1.165, 1.54) is 4.57 Å². The first-order chi connectivity index (χ1) is 15.3. The molecule has 0 saturated carbocycles. The van der Waals surface area contributed by atoms with Crippen LogP contribution in [0.2, 0.25) is 25.7 Å². The van der Waals surface area contributed by atoms with Crippen molar-refractivity contribution in [1.82, 2.24) is 9.55 Å². The third kappa shape index (κ3) is 4.92. The Morgan fingerprint density at radius 3 is 2.53 bits per heavy atom. The lowest BCUT2D eigenvalue weighted by molar-refractivity contribution is 0.0527. The van der Waals surface area contributed by atoms with Gasteiger partial charge in [-0.1, -0.05) is 18.2 Å². The SMILES string of the molecule is C[Si-](C)(C)CCOC(=O)c1cn(C(=O)c2ccc(N3CCOCC3)nc2)c2ccccc12. The molecule has 32 heavy (non-hydrogen) atoms. The smallest absolute Gasteiger partial charge is 0.340 e. The molecule has 1 aromatic carbocycles. The number of esters is 1. The number of para-hydroxylation sites is 1. The van der Waals surface area contributed by atoms with Gasteiger partial charge in [0.1, 0.15) is 5.82 Å². The molecule has 3 aromatic rings. The van der Waals surface area contributed by atoms with E-state index in [1.807, 2.05) is 30.3 Å². The first kappa shape index (κ1) is 22.2. The highest BCUT2D eigenvalue weighted by molar-refractivity contribution is 6.76. The van der Waals surface area contributed by atoms with Gasteiger partial charge in [-0.05, 0) is 18.2 Å². The predicted octanol–water partition coefficient (Wildman–Crippen LogP) is 4.06. The third-order valence-electron chi connectivity index (χ3n) is 5.57. The van der Waals surface area contributed by atoms with Crippen molar-refractivity contribution in [2.45, 2.75) is 25.7 Å². The molecule has 1 saturated heterocycles. The highest BCUT2D eigenvalue weighted by atomic mass is 28.3. The van der Waals surface area contributed by atoms with Crippen LogP contribution in [0.1, 0.15) is 20.7 Å². The fraction of sp³-hybridized carbons (Fsp3) is 0.375. The molecule has 4 rings (SSSR count). The van der Waals surface area contributed by atoms with Crippen LogP contribution >= 0.6 is 0 Å². The predicted molar refractivity (Wildman–Crippen MR) is 127 cm³/mol. The Balaban J connectivity index is 1.57. The van der Waals surface area contributed by atoms with E-state index in [9.17, 15) is 9.59 Å². The fourth-order valence-corrected chi connectivity index (χ4v) is 4.38. The van der Waals surface area contributed by atoms with E-state index in [-0.39, 0.29) is 5.91 Å². The molecule has 0 aliphatic carbocycles. The van der Waals surface area contributed by atoms with Crippen molar-refractivity contribution >= 4 is 36.7 Å². The number of pyridine rings is 1. The van der Waals surface area contributed by atoms with Crippen LogP contribution in [0.3, 0.4) is 0 Å². The zero-order valence-electron chi connectivity index (χ0n) is 18.8. The Labute approximate surface area is 189 Å². The number of nitrogens with zero attached hydrogens (tertiary/aromatic N) is 3. The van der Waals surface area contributed by atoms with Crippen LogP contribution in [0.5, 0.6) is 0 Å². The number of aromatic nitrogens is 2. The van der Waals surface area contributed by atoms with Gasteiger partial charge in [-0.25, -0.2) is 9.78 Å². The van der Waals surface area contributed by atoms with Gasteiger partial charge in [0.05, 0.1) is 36.5 Å². The molecule has 0 unspecified atom stereocenters. The lowest BCUT2D eigenvalue weighted by Gasteiger charge is -2.27. The second kappa shape index (κ2) is 9.26. The molecule has 0 radical (unpaired) electrons. The average molecular weight is 452 g/mol. The normalized spacial score (nSPS) is 14.5. The van der Waals surface area contributed by atoms with Gasteiger partial charge in [-0.3, -0.25) is 9.36 Å². The highest BCUT2D eigenvalue weighted by Crippen LogP contribution is 2.24. The molecule has 0 amide bonds. The van der Waals surface area contributed by atoms with E-state index in [4.69, 9.17) is 9.47 Å². The van der Waals surface area contributed by atoms with Crippen LogP contribution in [0.25, 0.3) is 10.9 Å². The van der Waals surface area contributed by atoms with E-state index in [0.717, 1.165) is 25.0 Å². The number of carbonyl (C=O) groups excluding carboxylic acids is 2. The number of ether oxygens (including phenoxy) is 2.